The van der Waals surface area contributed by atoms with Crippen LogP contribution in [0.5, 0.6) is 0 Å². The first kappa shape index (κ1) is 36.8. The van der Waals surface area contributed by atoms with Crippen molar-refractivity contribution in [2.75, 3.05) is 19.6 Å². The fourth-order valence-electron chi connectivity index (χ4n) is 6.52. The molecule has 282 valence electrons. The van der Waals surface area contributed by atoms with E-state index in [-0.39, 0.29) is 23.2 Å². The molecule has 0 atom stereocenters. The van der Waals surface area contributed by atoms with Gasteiger partial charge in [-0.1, -0.05) is 58.8 Å². The number of hydrogen-bond acceptors (Lipinski definition) is 9. The number of nitrogens with one attached hydrogen (secondary N) is 1. The molecule has 55 heavy (non-hydrogen) atoms. The number of amides is 2. The number of nitrogens with zero attached hydrogens (tertiary/aromatic N) is 9. The second-order valence-corrected chi connectivity index (χ2v) is 13.6. The summed E-state index contributed by atoms with van der Waals surface area (Å²) in [4.78, 5) is 37.4. The second-order valence-electron chi connectivity index (χ2n) is 13.6. The number of aryl methyl sites for hydroxylation is 5. The number of benzene rings is 2. The summed E-state index contributed by atoms with van der Waals surface area (Å²) in [6, 6.07) is 22.8. The molecule has 7 aromatic rings. The van der Waals surface area contributed by atoms with Crippen molar-refractivity contribution in [3.05, 3.63) is 126 Å². The first-order valence-electron chi connectivity index (χ1n) is 18.5. The van der Waals surface area contributed by atoms with Crippen LogP contribution in [0.15, 0.2) is 107 Å². The van der Waals surface area contributed by atoms with Crippen molar-refractivity contribution in [3.8, 4) is 34.0 Å². The molecule has 0 fully saturated rings. The first-order chi connectivity index (χ1) is 26.8. The normalized spacial score (nSPS) is 11.3. The second kappa shape index (κ2) is 17.1. The topological polar surface area (TPSA) is 155 Å². The minimum atomic E-state index is -0.289. The van der Waals surface area contributed by atoms with Gasteiger partial charge in [0.15, 0.2) is 22.9 Å². The summed E-state index contributed by atoms with van der Waals surface area (Å²) in [7, 11) is 3.97. The van der Waals surface area contributed by atoms with Gasteiger partial charge in [0.25, 0.3) is 11.8 Å². The van der Waals surface area contributed by atoms with E-state index < -0.39 is 0 Å². The Morgan fingerprint density at radius 2 is 1.49 bits per heavy atom. The summed E-state index contributed by atoms with van der Waals surface area (Å²) in [6.07, 6.45) is 11.2. The molecular formula is C41H44N10O4. The minimum absolute atomic E-state index is 0.160. The minimum Gasteiger partial charge on any atom is -0.355 e. The van der Waals surface area contributed by atoms with E-state index >= 15 is 0 Å². The van der Waals surface area contributed by atoms with Crippen molar-refractivity contribution in [1.29, 1.82) is 0 Å². The van der Waals surface area contributed by atoms with Gasteiger partial charge in [-0.15, -0.1) is 0 Å². The maximum atomic E-state index is 13.8. The lowest BCUT2D eigenvalue weighted by Gasteiger charge is -2.22. The number of rotatable bonds is 17. The van der Waals surface area contributed by atoms with Gasteiger partial charge < -0.3 is 28.4 Å². The summed E-state index contributed by atoms with van der Waals surface area (Å²) < 4.78 is 17.1. The number of aromatic nitrogens is 8. The van der Waals surface area contributed by atoms with Gasteiger partial charge in [-0.3, -0.25) is 14.3 Å². The Hall–Kier alpha value is -6.57. The maximum absolute atomic E-state index is 13.8. The standard InChI is InChI=1S/C41H44N10O4/c1-29-17-22-51(45-29)21-10-18-43-40(52)35-24-38(55-46-35)31-13-7-14-32(23-31)39-44-27-34(49(39)3)16-9-20-50(19-8-15-33-26-42-28-48(33)2)41(53)36-25-37(54-47-36)30-11-5-4-6-12-30/h4-7,11-14,17,22-28H,8-10,15-16,18-21H2,1-3H3,(H,43,52). The Labute approximate surface area is 318 Å². The Morgan fingerprint density at radius 3 is 2.24 bits per heavy atom. The number of carbonyl (C=O) groups is 2. The lowest BCUT2D eigenvalue weighted by molar-refractivity contribution is 0.0740. The highest BCUT2D eigenvalue weighted by molar-refractivity contribution is 5.93. The summed E-state index contributed by atoms with van der Waals surface area (Å²) in [5, 5.41) is 15.4. The molecule has 5 heterocycles. The van der Waals surface area contributed by atoms with Gasteiger partial charge in [-0.05, 0) is 51.2 Å². The lowest BCUT2D eigenvalue weighted by atomic mass is 10.1. The van der Waals surface area contributed by atoms with E-state index in [4.69, 9.17) is 14.0 Å². The van der Waals surface area contributed by atoms with Crippen LogP contribution in [0.3, 0.4) is 0 Å². The van der Waals surface area contributed by atoms with E-state index in [0.717, 1.165) is 65.3 Å². The Balaban J connectivity index is 0.969. The van der Waals surface area contributed by atoms with Gasteiger partial charge in [0, 0.05) is 99.1 Å². The van der Waals surface area contributed by atoms with Crippen LogP contribution in [-0.2, 0) is 33.5 Å². The summed E-state index contributed by atoms with van der Waals surface area (Å²) in [5.74, 6) is 1.39. The van der Waals surface area contributed by atoms with Crippen molar-refractivity contribution < 1.29 is 18.6 Å². The molecule has 0 unspecified atom stereocenters. The largest absolute Gasteiger partial charge is 0.355 e. The smallest absolute Gasteiger partial charge is 0.276 e. The third-order valence-corrected chi connectivity index (χ3v) is 9.57. The molecule has 0 bridgehead atoms. The van der Waals surface area contributed by atoms with Crippen LogP contribution in [0.2, 0.25) is 0 Å². The zero-order valence-corrected chi connectivity index (χ0v) is 31.3. The molecule has 1 N–H and O–H groups in total. The van der Waals surface area contributed by atoms with Gasteiger partial charge in [-0.25, -0.2) is 9.97 Å². The average molecular weight is 741 g/mol. The van der Waals surface area contributed by atoms with Crippen molar-refractivity contribution in [2.24, 2.45) is 14.1 Å². The van der Waals surface area contributed by atoms with E-state index in [2.05, 4.69) is 30.3 Å². The van der Waals surface area contributed by atoms with Crippen LogP contribution in [0, 0.1) is 6.92 Å². The lowest BCUT2D eigenvalue weighted by Crippen LogP contribution is -2.33. The Bertz CT molecular complexity index is 2350. The number of hydrogen-bond donors (Lipinski definition) is 1. The molecule has 0 radical (unpaired) electrons. The van der Waals surface area contributed by atoms with E-state index in [1.807, 2.05) is 114 Å². The van der Waals surface area contributed by atoms with Gasteiger partial charge in [0.1, 0.15) is 5.82 Å². The average Bonchev–Trinajstić information content (AvgIpc) is 4.06. The van der Waals surface area contributed by atoms with E-state index in [0.29, 0.717) is 44.1 Å². The highest BCUT2D eigenvalue weighted by atomic mass is 16.5. The third kappa shape index (κ3) is 8.98. The molecule has 5 aromatic heterocycles. The molecule has 0 saturated heterocycles. The molecular weight excluding hydrogens is 697 g/mol. The van der Waals surface area contributed by atoms with Crippen molar-refractivity contribution in [3.63, 3.8) is 0 Å². The molecule has 0 saturated carbocycles. The van der Waals surface area contributed by atoms with Gasteiger partial charge in [0.2, 0.25) is 0 Å². The Kier molecular flexibility index (Phi) is 11.4. The van der Waals surface area contributed by atoms with Crippen molar-refractivity contribution in [2.45, 2.75) is 45.6 Å². The predicted octanol–water partition coefficient (Wildman–Crippen LogP) is 6.16. The third-order valence-electron chi connectivity index (χ3n) is 9.57. The summed E-state index contributed by atoms with van der Waals surface area (Å²) in [5.41, 5.74) is 6.18. The highest BCUT2D eigenvalue weighted by Gasteiger charge is 2.21. The van der Waals surface area contributed by atoms with Crippen LogP contribution < -0.4 is 5.32 Å². The molecule has 0 aliphatic rings. The number of imidazole rings is 2. The van der Waals surface area contributed by atoms with Crippen molar-refractivity contribution >= 4 is 11.8 Å². The zero-order chi connectivity index (χ0) is 38.1. The molecule has 14 heteroatoms. The highest BCUT2D eigenvalue weighted by Crippen LogP contribution is 2.27. The quantitative estimate of drug-likeness (QED) is 0.108. The van der Waals surface area contributed by atoms with E-state index in [1.165, 1.54) is 0 Å². The monoisotopic (exact) mass is 740 g/mol. The fourth-order valence-corrected chi connectivity index (χ4v) is 6.52. The zero-order valence-electron chi connectivity index (χ0n) is 31.3. The van der Waals surface area contributed by atoms with Crippen molar-refractivity contribution in [1.82, 2.24) is 49.4 Å². The van der Waals surface area contributed by atoms with E-state index in [1.54, 1.807) is 18.5 Å². The molecule has 0 spiro atoms. The first-order valence-corrected chi connectivity index (χ1v) is 18.5. The van der Waals surface area contributed by atoms with Crippen LogP contribution in [-0.4, -0.2) is 75.5 Å². The molecule has 14 nitrogen and oxygen atoms in total. The van der Waals surface area contributed by atoms with Gasteiger partial charge in [-0.2, -0.15) is 5.10 Å². The van der Waals surface area contributed by atoms with Crippen LogP contribution >= 0.6 is 0 Å². The van der Waals surface area contributed by atoms with Gasteiger partial charge >= 0.3 is 0 Å². The molecule has 2 amide bonds. The molecule has 2 aromatic carbocycles. The Morgan fingerprint density at radius 1 is 0.782 bits per heavy atom. The molecule has 0 aliphatic heterocycles. The SMILES string of the molecule is Cc1ccn(CCCNC(=O)c2cc(-c3cccc(-c4ncc(CCCN(CCCc5cncn5C)C(=O)c5cc(-c6ccccc6)on5)n4C)c3)on2)n1. The van der Waals surface area contributed by atoms with Crippen LogP contribution in [0.1, 0.15) is 57.3 Å². The van der Waals surface area contributed by atoms with E-state index in [9.17, 15) is 9.59 Å². The fraction of sp³-hybridized carbons (Fsp3) is 0.293. The maximum Gasteiger partial charge on any atom is 0.276 e. The van der Waals surface area contributed by atoms with Gasteiger partial charge in [0.05, 0.1) is 12.0 Å². The van der Waals surface area contributed by atoms with Crippen LogP contribution in [0.25, 0.3) is 34.0 Å². The predicted molar refractivity (Wildman–Crippen MR) is 206 cm³/mol. The molecule has 0 aliphatic carbocycles. The van der Waals surface area contributed by atoms with Crippen LogP contribution in [0.4, 0.5) is 0 Å². The summed E-state index contributed by atoms with van der Waals surface area (Å²) in [6.45, 7) is 4.26. The molecule has 7 rings (SSSR count). The number of carbonyl (C=O) groups excluding carboxylic acids is 2. The summed E-state index contributed by atoms with van der Waals surface area (Å²) >= 11 is 0.